The monoisotopic (exact) mass is 225 g/mol. The first-order chi connectivity index (χ1) is 7.74. The van der Waals surface area contributed by atoms with Crippen molar-refractivity contribution < 1.29 is 9.84 Å². The number of aliphatic hydroxyl groups excluding tert-OH is 1. The summed E-state index contributed by atoms with van der Waals surface area (Å²) in [6, 6.07) is 2.22. The Balaban J connectivity index is 2.01. The van der Waals surface area contributed by atoms with Crippen molar-refractivity contribution in [2.24, 2.45) is 7.05 Å². The number of nitrogens with zero attached hydrogens (tertiary/aromatic N) is 3. The lowest BCUT2D eigenvalue weighted by atomic mass is 10.2. The second-order valence-corrected chi connectivity index (χ2v) is 4.31. The molecule has 1 fully saturated rings. The molecule has 0 aromatic carbocycles. The molecule has 0 spiro atoms. The fraction of sp³-hybridized carbons (Fsp3) is 0.727. The normalized spacial score (nSPS) is 26.4. The molecule has 0 radical (unpaired) electrons. The van der Waals surface area contributed by atoms with Crippen LogP contribution in [0.2, 0.25) is 0 Å². The van der Waals surface area contributed by atoms with Crippen molar-refractivity contribution in [3.05, 3.63) is 18.0 Å². The van der Waals surface area contributed by atoms with E-state index >= 15 is 0 Å². The number of aromatic nitrogens is 2. The first-order valence-electron chi connectivity index (χ1n) is 5.59. The number of hydrogen-bond acceptors (Lipinski definition) is 4. The Labute approximate surface area is 95.6 Å². The topological polar surface area (TPSA) is 50.5 Å². The molecule has 0 unspecified atom stereocenters. The van der Waals surface area contributed by atoms with E-state index in [1.54, 1.807) is 13.3 Å². The minimum absolute atomic E-state index is 0.192. The number of hydrogen-bond donors (Lipinski definition) is 1. The smallest absolute Gasteiger partial charge is 0.0714 e. The number of ether oxygens (including phenoxy) is 1. The lowest BCUT2D eigenvalue weighted by molar-refractivity contribution is 0.106. The Hall–Kier alpha value is -0.910. The molecule has 0 amide bonds. The fourth-order valence-corrected chi connectivity index (χ4v) is 2.26. The van der Waals surface area contributed by atoms with Crippen molar-refractivity contribution in [3.63, 3.8) is 0 Å². The molecule has 5 nitrogen and oxygen atoms in total. The summed E-state index contributed by atoms with van der Waals surface area (Å²) in [5.74, 6) is 0. The molecule has 2 heterocycles. The lowest BCUT2D eigenvalue weighted by Crippen LogP contribution is -2.32. The molecule has 0 aliphatic carbocycles. The maximum Gasteiger partial charge on any atom is 0.0714 e. The first-order valence-corrected chi connectivity index (χ1v) is 5.59. The highest BCUT2D eigenvalue weighted by atomic mass is 16.5. The van der Waals surface area contributed by atoms with Crippen LogP contribution in [0.25, 0.3) is 0 Å². The summed E-state index contributed by atoms with van der Waals surface area (Å²) >= 11 is 0. The van der Waals surface area contributed by atoms with Crippen LogP contribution < -0.4 is 0 Å². The molecule has 1 saturated heterocycles. The lowest BCUT2D eigenvalue weighted by Gasteiger charge is -2.22. The third-order valence-corrected chi connectivity index (χ3v) is 3.32. The third-order valence-electron chi connectivity index (χ3n) is 3.32. The summed E-state index contributed by atoms with van der Waals surface area (Å²) in [7, 11) is 3.67. The fourth-order valence-electron chi connectivity index (χ4n) is 2.26. The zero-order chi connectivity index (χ0) is 11.5. The SMILES string of the molecule is CO[C@H]1C[C@@H](CO)N(Cc2ccnn2C)C1. The van der Waals surface area contributed by atoms with Crippen LogP contribution in [-0.4, -0.2) is 52.2 Å². The van der Waals surface area contributed by atoms with Crippen LogP contribution in [0.1, 0.15) is 12.1 Å². The van der Waals surface area contributed by atoms with Gasteiger partial charge in [0, 0.05) is 39.5 Å². The van der Waals surface area contributed by atoms with Gasteiger partial charge in [-0.05, 0) is 12.5 Å². The second-order valence-electron chi connectivity index (χ2n) is 4.31. The zero-order valence-electron chi connectivity index (χ0n) is 9.83. The van der Waals surface area contributed by atoms with Crippen LogP contribution in [0, 0.1) is 0 Å². The number of rotatable bonds is 4. The van der Waals surface area contributed by atoms with E-state index < -0.39 is 0 Å². The highest BCUT2D eigenvalue weighted by molar-refractivity contribution is 5.01. The predicted molar refractivity (Wildman–Crippen MR) is 59.9 cm³/mol. The minimum Gasteiger partial charge on any atom is -0.395 e. The molecular weight excluding hydrogens is 206 g/mol. The van der Waals surface area contributed by atoms with Crippen molar-refractivity contribution >= 4 is 0 Å². The molecule has 2 atom stereocenters. The Morgan fingerprint density at radius 1 is 1.62 bits per heavy atom. The Bertz CT molecular complexity index is 340. The van der Waals surface area contributed by atoms with Gasteiger partial charge in [0.05, 0.1) is 18.4 Å². The average Bonchev–Trinajstić information content (AvgIpc) is 2.86. The van der Waals surface area contributed by atoms with E-state index in [0.29, 0.717) is 0 Å². The molecule has 1 aromatic rings. The first kappa shape index (κ1) is 11.6. The summed E-state index contributed by atoms with van der Waals surface area (Å²) in [5.41, 5.74) is 1.16. The summed E-state index contributed by atoms with van der Waals surface area (Å²) in [5, 5.41) is 13.5. The van der Waals surface area contributed by atoms with E-state index in [9.17, 15) is 5.11 Å². The van der Waals surface area contributed by atoms with Gasteiger partial charge in [-0.3, -0.25) is 9.58 Å². The van der Waals surface area contributed by atoms with Gasteiger partial charge in [0.15, 0.2) is 0 Å². The summed E-state index contributed by atoms with van der Waals surface area (Å²) in [4.78, 5) is 2.26. The third kappa shape index (κ3) is 2.26. The van der Waals surface area contributed by atoms with Gasteiger partial charge in [-0.15, -0.1) is 0 Å². The molecule has 0 bridgehead atoms. The van der Waals surface area contributed by atoms with Gasteiger partial charge in [-0.25, -0.2) is 0 Å². The molecular formula is C11H19N3O2. The summed E-state index contributed by atoms with van der Waals surface area (Å²) < 4.78 is 7.22. The minimum atomic E-state index is 0.192. The Morgan fingerprint density at radius 2 is 2.44 bits per heavy atom. The highest BCUT2D eigenvalue weighted by Crippen LogP contribution is 2.21. The second kappa shape index (κ2) is 4.95. The quantitative estimate of drug-likeness (QED) is 0.784. The molecule has 1 aliphatic heterocycles. The average molecular weight is 225 g/mol. The molecule has 0 saturated carbocycles. The maximum atomic E-state index is 9.33. The van der Waals surface area contributed by atoms with E-state index in [1.165, 1.54) is 0 Å². The van der Waals surface area contributed by atoms with E-state index in [4.69, 9.17) is 4.74 Å². The molecule has 1 aliphatic rings. The zero-order valence-corrected chi connectivity index (χ0v) is 9.83. The van der Waals surface area contributed by atoms with Crippen molar-refractivity contribution in [2.45, 2.75) is 25.1 Å². The van der Waals surface area contributed by atoms with E-state index in [0.717, 1.165) is 25.2 Å². The standard InChI is InChI=1S/C11H19N3O2/c1-13-9(3-4-12-13)6-14-7-11(16-2)5-10(14)8-15/h3-4,10-11,15H,5-8H2,1-2H3/t10-,11-/m0/s1. The molecule has 90 valence electrons. The number of likely N-dealkylation sites (tertiary alicyclic amines) is 1. The predicted octanol–water partition coefficient (Wildman–Crippen LogP) is 0.00170. The van der Waals surface area contributed by atoms with Gasteiger partial charge >= 0.3 is 0 Å². The van der Waals surface area contributed by atoms with Crippen molar-refractivity contribution in [1.82, 2.24) is 14.7 Å². The molecule has 16 heavy (non-hydrogen) atoms. The van der Waals surface area contributed by atoms with E-state index in [-0.39, 0.29) is 18.8 Å². The van der Waals surface area contributed by atoms with Crippen LogP contribution in [0.15, 0.2) is 12.3 Å². The Kier molecular flexibility index (Phi) is 3.58. The summed E-state index contributed by atoms with van der Waals surface area (Å²) in [6.07, 6.45) is 2.95. The molecule has 2 rings (SSSR count). The Morgan fingerprint density at radius 3 is 3.00 bits per heavy atom. The highest BCUT2D eigenvalue weighted by Gasteiger charge is 2.31. The van der Waals surface area contributed by atoms with Crippen LogP contribution in [0.3, 0.4) is 0 Å². The van der Waals surface area contributed by atoms with Gasteiger partial charge in [-0.2, -0.15) is 5.10 Å². The van der Waals surface area contributed by atoms with Gasteiger partial charge in [0.2, 0.25) is 0 Å². The van der Waals surface area contributed by atoms with E-state index in [2.05, 4.69) is 10.00 Å². The van der Waals surface area contributed by atoms with Gasteiger partial charge in [0.1, 0.15) is 0 Å². The maximum absolute atomic E-state index is 9.33. The number of aryl methyl sites for hydroxylation is 1. The van der Waals surface area contributed by atoms with Crippen molar-refractivity contribution in [2.75, 3.05) is 20.3 Å². The van der Waals surface area contributed by atoms with Gasteiger partial charge in [0.25, 0.3) is 0 Å². The number of methoxy groups -OCH3 is 1. The molecule has 1 N–H and O–H groups in total. The summed E-state index contributed by atoms with van der Waals surface area (Å²) in [6.45, 7) is 1.90. The molecule has 1 aromatic heterocycles. The van der Waals surface area contributed by atoms with Crippen LogP contribution in [0.5, 0.6) is 0 Å². The van der Waals surface area contributed by atoms with Crippen LogP contribution >= 0.6 is 0 Å². The van der Waals surface area contributed by atoms with Gasteiger partial charge < -0.3 is 9.84 Å². The van der Waals surface area contributed by atoms with Crippen LogP contribution in [-0.2, 0) is 18.3 Å². The largest absolute Gasteiger partial charge is 0.395 e. The van der Waals surface area contributed by atoms with Gasteiger partial charge in [-0.1, -0.05) is 0 Å². The number of aliphatic hydroxyl groups is 1. The van der Waals surface area contributed by atoms with E-state index in [1.807, 2.05) is 17.8 Å². The van der Waals surface area contributed by atoms with Crippen LogP contribution in [0.4, 0.5) is 0 Å². The van der Waals surface area contributed by atoms with Crippen molar-refractivity contribution in [3.8, 4) is 0 Å². The molecule has 5 heteroatoms. The van der Waals surface area contributed by atoms with Crippen molar-refractivity contribution in [1.29, 1.82) is 0 Å².